The van der Waals surface area contributed by atoms with Gasteiger partial charge in [-0.05, 0) is 37.1 Å². The first-order valence-electron chi connectivity index (χ1n) is 6.72. The largest absolute Gasteiger partial charge is 0.384 e. The van der Waals surface area contributed by atoms with E-state index in [0.29, 0.717) is 10.8 Å². The third kappa shape index (κ3) is 3.37. The number of hydrogen-bond acceptors (Lipinski definition) is 3. The smallest absolute Gasteiger partial charge is 0.265 e. The van der Waals surface area contributed by atoms with Crippen LogP contribution in [-0.2, 0) is 0 Å². The minimum atomic E-state index is -0.178. The van der Waals surface area contributed by atoms with E-state index in [1.165, 1.54) is 30.6 Å². The molecule has 1 heterocycles. The predicted molar refractivity (Wildman–Crippen MR) is 77.2 cm³/mol. The minimum Gasteiger partial charge on any atom is -0.384 e. The van der Waals surface area contributed by atoms with E-state index >= 15 is 0 Å². The van der Waals surface area contributed by atoms with Crippen LogP contribution in [0.4, 0.5) is 0 Å². The molecule has 0 radical (unpaired) electrons. The van der Waals surface area contributed by atoms with Gasteiger partial charge in [0.05, 0.1) is 0 Å². The summed E-state index contributed by atoms with van der Waals surface area (Å²) in [7, 11) is 0. The van der Waals surface area contributed by atoms with Crippen LogP contribution in [0.3, 0.4) is 0 Å². The summed E-state index contributed by atoms with van der Waals surface area (Å²) < 4.78 is 0. The van der Waals surface area contributed by atoms with Crippen molar-refractivity contribution in [2.24, 2.45) is 5.92 Å². The molecule has 1 amide bonds. The fourth-order valence-corrected chi connectivity index (χ4v) is 3.01. The first-order chi connectivity index (χ1) is 9.26. The summed E-state index contributed by atoms with van der Waals surface area (Å²) in [5.74, 6) is 6.21. The Morgan fingerprint density at radius 2 is 2.37 bits per heavy atom. The molecule has 1 aromatic heterocycles. The molecule has 1 N–H and O–H groups in total. The molecule has 0 spiro atoms. The quantitative estimate of drug-likeness (QED) is 0.858. The molecule has 0 bridgehead atoms. The van der Waals surface area contributed by atoms with Crippen molar-refractivity contribution in [2.45, 2.75) is 26.2 Å². The van der Waals surface area contributed by atoms with Crippen molar-refractivity contribution in [1.29, 1.82) is 0 Å². The maximum absolute atomic E-state index is 12.5. The summed E-state index contributed by atoms with van der Waals surface area (Å²) in [5.41, 5.74) is 0.733. The zero-order chi connectivity index (χ0) is 13.7. The highest BCUT2D eigenvalue weighted by atomic mass is 32.1. The number of nitrogens with zero attached hydrogens (tertiary/aromatic N) is 1. The summed E-state index contributed by atoms with van der Waals surface area (Å²) in [5, 5.41) is 10.6. The van der Waals surface area contributed by atoms with Crippen molar-refractivity contribution >= 4 is 17.2 Å². The summed E-state index contributed by atoms with van der Waals surface area (Å²) in [6.07, 6.45) is 3.78. The van der Waals surface area contributed by atoms with E-state index in [9.17, 15) is 4.79 Å². The van der Waals surface area contributed by atoms with Crippen molar-refractivity contribution in [2.75, 3.05) is 19.7 Å². The SMILES string of the molecule is CCN(CC1CCC1)C(=O)c1sccc1C#CCO. The van der Waals surface area contributed by atoms with E-state index in [2.05, 4.69) is 11.8 Å². The van der Waals surface area contributed by atoms with Gasteiger partial charge in [-0.1, -0.05) is 18.3 Å². The van der Waals surface area contributed by atoms with Crippen LogP contribution in [0.5, 0.6) is 0 Å². The van der Waals surface area contributed by atoms with Crippen LogP contribution in [0.15, 0.2) is 11.4 Å². The van der Waals surface area contributed by atoms with Gasteiger partial charge in [0.15, 0.2) is 0 Å². The Labute approximate surface area is 118 Å². The maximum atomic E-state index is 12.5. The first kappa shape index (κ1) is 14.1. The predicted octanol–water partition coefficient (Wildman–Crippen LogP) is 2.35. The molecule has 19 heavy (non-hydrogen) atoms. The number of aliphatic hydroxyl groups is 1. The molecule has 0 unspecified atom stereocenters. The van der Waals surface area contributed by atoms with E-state index in [4.69, 9.17) is 5.11 Å². The molecule has 1 aliphatic carbocycles. The van der Waals surface area contributed by atoms with Crippen LogP contribution in [0, 0.1) is 17.8 Å². The van der Waals surface area contributed by atoms with Crippen molar-refractivity contribution in [3.05, 3.63) is 21.9 Å². The minimum absolute atomic E-state index is 0.0756. The molecule has 1 fully saturated rings. The average molecular weight is 277 g/mol. The lowest BCUT2D eigenvalue weighted by Crippen LogP contribution is -2.37. The molecular formula is C15H19NO2S. The van der Waals surface area contributed by atoms with E-state index in [1.807, 2.05) is 23.3 Å². The molecule has 1 aromatic rings. The fourth-order valence-electron chi connectivity index (χ4n) is 2.19. The molecule has 3 nitrogen and oxygen atoms in total. The van der Waals surface area contributed by atoms with Crippen LogP contribution in [0.1, 0.15) is 41.4 Å². The molecule has 0 saturated heterocycles. The van der Waals surface area contributed by atoms with Crippen molar-refractivity contribution in [1.82, 2.24) is 4.90 Å². The molecule has 1 aliphatic rings. The van der Waals surface area contributed by atoms with Gasteiger partial charge in [-0.15, -0.1) is 11.3 Å². The average Bonchev–Trinajstić information content (AvgIpc) is 2.83. The van der Waals surface area contributed by atoms with Crippen LogP contribution in [0.2, 0.25) is 0 Å². The number of aliphatic hydroxyl groups excluding tert-OH is 1. The highest BCUT2D eigenvalue weighted by Gasteiger charge is 2.24. The number of carbonyl (C=O) groups excluding carboxylic acids is 1. The molecule has 0 aliphatic heterocycles. The number of thiophene rings is 1. The van der Waals surface area contributed by atoms with Gasteiger partial charge in [-0.2, -0.15) is 0 Å². The van der Waals surface area contributed by atoms with Gasteiger partial charge < -0.3 is 10.0 Å². The number of amides is 1. The Kier molecular flexibility index (Phi) is 5.00. The molecule has 0 atom stereocenters. The molecule has 102 valence electrons. The molecule has 2 rings (SSSR count). The lowest BCUT2D eigenvalue weighted by molar-refractivity contribution is 0.0711. The third-order valence-electron chi connectivity index (χ3n) is 3.53. The van der Waals surface area contributed by atoms with Crippen LogP contribution in [0.25, 0.3) is 0 Å². The van der Waals surface area contributed by atoms with Crippen molar-refractivity contribution in [3.63, 3.8) is 0 Å². The highest BCUT2D eigenvalue weighted by Crippen LogP contribution is 2.28. The van der Waals surface area contributed by atoms with E-state index in [0.717, 1.165) is 18.7 Å². The van der Waals surface area contributed by atoms with Gasteiger partial charge in [-0.25, -0.2) is 0 Å². The highest BCUT2D eigenvalue weighted by molar-refractivity contribution is 7.12. The van der Waals surface area contributed by atoms with Gasteiger partial charge in [0.1, 0.15) is 11.5 Å². The Bertz CT molecular complexity index is 494. The molecular weight excluding hydrogens is 258 g/mol. The van der Waals surface area contributed by atoms with Crippen molar-refractivity contribution in [3.8, 4) is 11.8 Å². The van der Waals surface area contributed by atoms with Gasteiger partial charge >= 0.3 is 0 Å². The van der Waals surface area contributed by atoms with Gasteiger partial charge in [0.25, 0.3) is 5.91 Å². The molecule has 4 heteroatoms. The number of rotatable bonds is 4. The Morgan fingerprint density at radius 1 is 1.58 bits per heavy atom. The fraction of sp³-hybridized carbons (Fsp3) is 0.533. The lowest BCUT2D eigenvalue weighted by Gasteiger charge is -2.31. The summed E-state index contributed by atoms with van der Waals surface area (Å²) >= 11 is 1.43. The van der Waals surface area contributed by atoms with E-state index < -0.39 is 0 Å². The number of hydrogen-bond donors (Lipinski definition) is 1. The van der Waals surface area contributed by atoms with Crippen molar-refractivity contribution < 1.29 is 9.90 Å². The standard InChI is InChI=1S/C15H19NO2S/c1-2-16(11-12-5-3-6-12)15(18)14-13(7-4-9-17)8-10-19-14/h8,10,12,17H,2-3,5-6,9,11H2,1H3. The summed E-state index contributed by atoms with van der Waals surface area (Å²) in [6.45, 7) is 3.44. The summed E-state index contributed by atoms with van der Waals surface area (Å²) in [4.78, 5) is 15.1. The second kappa shape index (κ2) is 6.74. The second-order valence-corrected chi connectivity index (χ2v) is 5.68. The molecule has 0 aromatic carbocycles. The third-order valence-corrected chi connectivity index (χ3v) is 4.44. The lowest BCUT2D eigenvalue weighted by atomic mass is 9.85. The first-order valence-corrected chi connectivity index (χ1v) is 7.60. The maximum Gasteiger partial charge on any atom is 0.265 e. The monoisotopic (exact) mass is 277 g/mol. The van der Waals surface area contributed by atoms with E-state index in [1.54, 1.807) is 0 Å². The second-order valence-electron chi connectivity index (χ2n) is 4.76. The van der Waals surface area contributed by atoms with Crippen LogP contribution in [-0.4, -0.2) is 35.6 Å². The molecule has 1 saturated carbocycles. The number of carbonyl (C=O) groups is 1. The zero-order valence-corrected chi connectivity index (χ0v) is 12.0. The Morgan fingerprint density at radius 3 is 2.95 bits per heavy atom. The van der Waals surface area contributed by atoms with E-state index in [-0.39, 0.29) is 12.5 Å². The van der Waals surface area contributed by atoms with Gasteiger partial charge in [0, 0.05) is 18.7 Å². The summed E-state index contributed by atoms with van der Waals surface area (Å²) in [6, 6.07) is 1.84. The Balaban J connectivity index is 2.10. The normalized spacial score (nSPS) is 14.4. The Hall–Kier alpha value is -1.31. The van der Waals surface area contributed by atoms with Crippen LogP contribution >= 0.6 is 11.3 Å². The zero-order valence-electron chi connectivity index (χ0n) is 11.2. The van der Waals surface area contributed by atoms with Gasteiger partial charge in [-0.3, -0.25) is 4.79 Å². The van der Waals surface area contributed by atoms with Crippen LogP contribution < -0.4 is 0 Å². The topological polar surface area (TPSA) is 40.5 Å². The van der Waals surface area contributed by atoms with Gasteiger partial charge in [0.2, 0.25) is 0 Å².